The van der Waals surface area contributed by atoms with Gasteiger partial charge in [-0.15, -0.1) is 0 Å². The molecule has 5 rings (SSSR count). The van der Waals surface area contributed by atoms with Crippen molar-refractivity contribution in [3.63, 3.8) is 0 Å². The van der Waals surface area contributed by atoms with Crippen LogP contribution in [0.2, 0.25) is 0 Å². The summed E-state index contributed by atoms with van der Waals surface area (Å²) in [6.45, 7) is 3.17. The molecule has 1 aliphatic heterocycles. The maximum atomic E-state index is 13.0. The van der Waals surface area contributed by atoms with Crippen molar-refractivity contribution in [3.8, 4) is 0 Å². The van der Waals surface area contributed by atoms with Crippen molar-refractivity contribution >= 4 is 23.3 Å². The van der Waals surface area contributed by atoms with Crippen molar-refractivity contribution in [2.24, 2.45) is 5.92 Å². The Morgan fingerprint density at radius 3 is 2.68 bits per heavy atom. The molecule has 0 radical (unpaired) electrons. The van der Waals surface area contributed by atoms with Gasteiger partial charge in [-0.3, -0.25) is 14.6 Å². The average molecular weight is 464 g/mol. The Bertz CT molecular complexity index is 1140. The standard InChI is InChI=1S/C24H29N7O3/c32-23(28-19-5-3-18(4-6-19)24(33)30-10-12-34-13-11-30)20-16-27-31-9-7-21(29-22(20)31)26-15-17-2-1-8-25-14-17/h1-2,7-9,14,16,18-19H,3-6,10-13,15H2,(H,26,29)(H,28,32)/t18-,19-. The number of carbonyl (C=O) groups excluding carboxylic acids is 2. The minimum Gasteiger partial charge on any atom is -0.378 e. The lowest BCUT2D eigenvalue weighted by molar-refractivity contribution is -0.140. The van der Waals surface area contributed by atoms with Gasteiger partial charge in [0.1, 0.15) is 11.4 Å². The fourth-order valence-corrected chi connectivity index (χ4v) is 4.61. The van der Waals surface area contributed by atoms with Gasteiger partial charge < -0.3 is 20.3 Å². The monoisotopic (exact) mass is 463 g/mol. The van der Waals surface area contributed by atoms with Crippen molar-refractivity contribution in [3.05, 3.63) is 54.1 Å². The van der Waals surface area contributed by atoms with Crippen LogP contribution in [0.3, 0.4) is 0 Å². The van der Waals surface area contributed by atoms with Crippen LogP contribution in [0.15, 0.2) is 43.0 Å². The van der Waals surface area contributed by atoms with Gasteiger partial charge >= 0.3 is 0 Å². The molecule has 178 valence electrons. The molecule has 0 unspecified atom stereocenters. The Morgan fingerprint density at radius 2 is 1.91 bits per heavy atom. The number of aromatic nitrogens is 4. The maximum absolute atomic E-state index is 13.0. The summed E-state index contributed by atoms with van der Waals surface area (Å²) in [6.07, 6.45) is 10.0. The van der Waals surface area contributed by atoms with Gasteiger partial charge in [0.15, 0.2) is 5.65 Å². The summed E-state index contributed by atoms with van der Waals surface area (Å²) in [5.74, 6) is 0.743. The SMILES string of the molecule is O=C(N[C@H]1CC[C@H](C(=O)N2CCOCC2)CC1)c1cnn2ccc(NCc3cccnc3)nc12. The molecule has 0 aromatic carbocycles. The molecule has 2 fully saturated rings. The molecule has 3 aromatic rings. The summed E-state index contributed by atoms with van der Waals surface area (Å²) in [7, 11) is 0. The van der Waals surface area contributed by atoms with Crippen LogP contribution < -0.4 is 10.6 Å². The molecule has 3 aromatic heterocycles. The lowest BCUT2D eigenvalue weighted by Crippen LogP contribution is -2.46. The Labute approximate surface area is 197 Å². The van der Waals surface area contributed by atoms with Gasteiger partial charge in [-0.25, -0.2) is 9.50 Å². The van der Waals surface area contributed by atoms with Crippen LogP contribution in [0.4, 0.5) is 5.82 Å². The molecule has 2 amide bonds. The second-order valence-electron chi connectivity index (χ2n) is 8.81. The highest BCUT2D eigenvalue weighted by atomic mass is 16.5. The first-order valence-electron chi connectivity index (χ1n) is 11.8. The van der Waals surface area contributed by atoms with Gasteiger partial charge in [-0.05, 0) is 43.4 Å². The number of nitrogens with zero attached hydrogens (tertiary/aromatic N) is 5. The van der Waals surface area contributed by atoms with Crippen LogP contribution >= 0.6 is 0 Å². The fraction of sp³-hybridized carbons (Fsp3) is 0.458. The van der Waals surface area contributed by atoms with E-state index in [1.807, 2.05) is 23.1 Å². The first-order valence-corrected chi connectivity index (χ1v) is 11.8. The highest BCUT2D eigenvalue weighted by Gasteiger charge is 2.31. The van der Waals surface area contributed by atoms with E-state index < -0.39 is 0 Å². The minimum absolute atomic E-state index is 0.0401. The third-order valence-electron chi connectivity index (χ3n) is 6.54. The molecule has 0 spiro atoms. The molecule has 4 heterocycles. The van der Waals surface area contributed by atoms with Crippen LogP contribution in [-0.4, -0.2) is 68.6 Å². The number of ether oxygens (including phenoxy) is 1. The summed E-state index contributed by atoms with van der Waals surface area (Å²) >= 11 is 0. The Kier molecular flexibility index (Phi) is 6.66. The predicted molar refractivity (Wildman–Crippen MR) is 125 cm³/mol. The van der Waals surface area contributed by atoms with E-state index in [4.69, 9.17) is 4.74 Å². The molecule has 2 aliphatic rings. The second-order valence-corrected chi connectivity index (χ2v) is 8.81. The molecule has 0 bridgehead atoms. The van der Waals surface area contributed by atoms with Gasteiger partial charge in [0, 0.05) is 50.2 Å². The van der Waals surface area contributed by atoms with E-state index in [2.05, 4.69) is 25.7 Å². The number of nitrogens with one attached hydrogen (secondary N) is 2. The number of rotatable bonds is 6. The zero-order valence-corrected chi connectivity index (χ0v) is 19.0. The van der Waals surface area contributed by atoms with Gasteiger partial charge in [0.2, 0.25) is 5.91 Å². The smallest absolute Gasteiger partial charge is 0.256 e. The Hall–Kier alpha value is -3.53. The van der Waals surface area contributed by atoms with Crippen LogP contribution in [0.1, 0.15) is 41.6 Å². The summed E-state index contributed by atoms with van der Waals surface area (Å²) < 4.78 is 6.94. The van der Waals surface area contributed by atoms with Crippen LogP contribution in [0.25, 0.3) is 5.65 Å². The molecule has 0 atom stereocenters. The van der Waals surface area contributed by atoms with E-state index in [0.717, 1.165) is 31.2 Å². The van der Waals surface area contributed by atoms with Gasteiger partial charge in [0.05, 0.1) is 19.4 Å². The largest absolute Gasteiger partial charge is 0.378 e. The quantitative estimate of drug-likeness (QED) is 0.574. The summed E-state index contributed by atoms with van der Waals surface area (Å²) in [5, 5.41) is 10.7. The van der Waals surface area contributed by atoms with E-state index in [1.165, 1.54) is 0 Å². The number of anilines is 1. The van der Waals surface area contributed by atoms with Crippen LogP contribution in [0, 0.1) is 5.92 Å². The van der Waals surface area contributed by atoms with E-state index in [0.29, 0.717) is 49.9 Å². The number of carbonyl (C=O) groups is 2. The zero-order chi connectivity index (χ0) is 23.3. The number of pyridine rings is 1. The molecular weight excluding hydrogens is 434 g/mol. The van der Waals surface area contributed by atoms with E-state index in [9.17, 15) is 9.59 Å². The van der Waals surface area contributed by atoms with Crippen LogP contribution in [-0.2, 0) is 16.1 Å². The Balaban J connectivity index is 1.18. The van der Waals surface area contributed by atoms with Crippen molar-refractivity contribution < 1.29 is 14.3 Å². The molecule has 1 saturated carbocycles. The average Bonchev–Trinajstić information content (AvgIpc) is 3.32. The molecule has 34 heavy (non-hydrogen) atoms. The predicted octanol–water partition coefficient (Wildman–Crippen LogP) is 1.88. The van der Waals surface area contributed by atoms with Crippen LogP contribution in [0.5, 0.6) is 0 Å². The normalized spacial score (nSPS) is 20.8. The fourth-order valence-electron chi connectivity index (χ4n) is 4.61. The lowest BCUT2D eigenvalue weighted by atomic mass is 9.85. The molecule has 10 nitrogen and oxygen atoms in total. The molecule has 2 N–H and O–H groups in total. The molecule has 10 heteroatoms. The third kappa shape index (κ3) is 5.01. The minimum atomic E-state index is -0.185. The number of amides is 2. The second kappa shape index (κ2) is 10.2. The van der Waals surface area contributed by atoms with Gasteiger partial charge in [-0.2, -0.15) is 5.10 Å². The molecular formula is C24H29N7O3. The first-order chi connectivity index (χ1) is 16.7. The van der Waals surface area contributed by atoms with E-state index in [-0.39, 0.29) is 23.8 Å². The topological polar surface area (TPSA) is 114 Å². The van der Waals surface area contributed by atoms with Crippen molar-refractivity contribution in [1.29, 1.82) is 0 Å². The molecule has 1 aliphatic carbocycles. The van der Waals surface area contributed by atoms with Crippen molar-refractivity contribution in [2.45, 2.75) is 38.3 Å². The van der Waals surface area contributed by atoms with Gasteiger partial charge in [0.25, 0.3) is 5.91 Å². The van der Waals surface area contributed by atoms with Crippen molar-refractivity contribution in [1.82, 2.24) is 29.8 Å². The highest BCUT2D eigenvalue weighted by Crippen LogP contribution is 2.27. The summed E-state index contributed by atoms with van der Waals surface area (Å²) in [4.78, 5) is 36.4. The third-order valence-corrected chi connectivity index (χ3v) is 6.54. The first kappa shape index (κ1) is 22.3. The number of fused-ring (bicyclic) bond motifs is 1. The Morgan fingerprint density at radius 1 is 1.09 bits per heavy atom. The summed E-state index contributed by atoms with van der Waals surface area (Å²) in [5.41, 5.74) is 1.99. The van der Waals surface area contributed by atoms with E-state index >= 15 is 0 Å². The van der Waals surface area contributed by atoms with Crippen molar-refractivity contribution in [2.75, 3.05) is 31.6 Å². The summed E-state index contributed by atoms with van der Waals surface area (Å²) in [6, 6.07) is 5.74. The number of hydrogen-bond donors (Lipinski definition) is 2. The number of morpholine rings is 1. The maximum Gasteiger partial charge on any atom is 0.256 e. The van der Waals surface area contributed by atoms with E-state index in [1.54, 1.807) is 29.3 Å². The number of hydrogen-bond acceptors (Lipinski definition) is 7. The lowest BCUT2D eigenvalue weighted by Gasteiger charge is -2.34. The molecule has 1 saturated heterocycles. The van der Waals surface area contributed by atoms with Gasteiger partial charge in [-0.1, -0.05) is 6.07 Å². The zero-order valence-electron chi connectivity index (χ0n) is 19.0. The highest BCUT2D eigenvalue weighted by molar-refractivity contribution is 6.00.